The summed E-state index contributed by atoms with van der Waals surface area (Å²) in [5, 5.41) is 8.38. The van der Waals surface area contributed by atoms with Crippen LogP contribution in [0.3, 0.4) is 0 Å². The van der Waals surface area contributed by atoms with Gasteiger partial charge in [-0.15, -0.1) is 6.58 Å². The molecular weight excluding hydrogens is 474 g/mol. The Bertz CT molecular complexity index is 1500. The third-order valence-electron chi connectivity index (χ3n) is 7.10. The minimum absolute atomic E-state index is 0.236. The van der Waals surface area contributed by atoms with E-state index in [9.17, 15) is 4.79 Å². The molecule has 0 saturated carbocycles. The number of nitrogens with one attached hydrogen (secondary N) is 1. The van der Waals surface area contributed by atoms with Crippen molar-refractivity contribution in [2.45, 2.75) is 39.8 Å². The number of nitrogens with zero attached hydrogens (tertiary/aromatic N) is 6. The van der Waals surface area contributed by atoms with Crippen LogP contribution in [0.25, 0.3) is 22.2 Å². The minimum Gasteiger partial charge on any atom is -0.370 e. The first-order valence-corrected chi connectivity index (χ1v) is 13.3. The molecule has 0 amide bonds. The molecule has 0 spiro atoms. The van der Waals surface area contributed by atoms with Gasteiger partial charge in [0, 0.05) is 55.4 Å². The second-order valence-corrected chi connectivity index (χ2v) is 10.0. The van der Waals surface area contributed by atoms with Crippen LogP contribution in [0, 0.1) is 6.92 Å². The smallest absolute Gasteiger partial charge is 0.278 e. The molecule has 1 aliphatic rings. The van der Waals surface area contributed by atoms with Crippen molar-refractivity contribution in [3.8, 4) is 11.3 Å². The van der Waals surface area contributed by atoms with Crippen molar-refractivity contribution in [2.75, 3.05) is 36.4 Å². The van der Waals surface area contributed by atoms with Gasteiger partial charge in [0.2, 0.25) is 5.95 Å². The topological polar surface area (TPSA) is 79.2 Å². The van der Waals surface area contributed by atoms with Crippen LogP contribution in [0.4, 0.5) is 17.3 Å². The number of benzene rings is 2. The molecule has 1 aliphatic heterocycles. The fourth-order valence-corrected chi connectivity index (χ4v) is 5.08. The molecule has 5 rings (SSSR count). The average molecular weight is 510 g/mol. The number of rotatable bonds is 7. The fourth-order valence-electron chi connectivity index (χ4n) is 5.08. The van der Waals surface area contributed by atoms with Crippen molar-refractivity contribution in [1.82, 2.24) is 24.6 Å². The molecule has 0 radical (unpaired) electrons. The minimum atomic E-state index is -0.236. The predicted molar refractivity (Wildman–Crippen MR) is 155 cm³/mol. The Morgan fingerprint density at radius 2 is 1.89 bits per heavy atom. The van der Waals surface area contributed by atoms with Gasteiger partial charge in [-0.25, -0.2) is 14.6 Å². The molecule has 0 atom stereocenters. The fraction of sp³-hybridized carbons (Fsp3) is 0.333. The van der Waals surface area contributed by atoms with E-state index in [-0.39, 0.29) is 5.56 Å². The Balaban J connectivity index is 1.44. The van der Waals surface area contributed by atoms with Crippen molar-refractivity contribution in [1.29, 1.82) is 0 Å². The van der Waals surface area contributed by atoms with Gasteiger partial charge in [-0.3, -0.25) is 9.69 Å². The van der Waals surface area contributed by atoms with E-state index in [0.29, 0.717) is 35.1 Å². The second-order valence-electron chi connectivity index (χ2n) is 10.0. The zero-order valence-electron chi connectivity index (χ0n) is 22.4. The van der Waals surface area contributed by atoms with E-state index in [1.54, 1.807) is 12.3 Å². The SMILES string of the molecule is C=CCn1nc(-c2ccccc2)c2nc(Nc3ccc(N4CCCN(C(C)C)CC4)c(C)c3)ncc2c1=O. The lowest BCUT2D eigenvalue weighted by molar-refractivity contribution is 0.238. The maximum Gasteiger partial charge on any atom is 0.278 e. The predicted octanol–water partition coefficient (Wildman–Crippen LogP) is 5.01. The summed E-state index contributed by atoms with van der Waals surface area (Å²) in [7, 11) is 0. The summed E-state index contributed by atoms with van der Waals surface area (Å²) >= 11 is 0. The summed E-state index contributed by atoms with van der Waals surface area (Å²) in [6.45, 7) is 15.1. The van der Waals surface area contributed by atoms with Crippen molar-refractivity contribution < 1.29 is 0 Å². The van der Waals surface area contributed by atoms with Gasteiger partial charge >= 0.3 is 0 Å². The largest absolute Gasteiger partial charge is 0.370 e. The van der Waals surface area contributed by atoms with E-state index in [4.69, 9.17) is 4.98 Å². The Labute approximate surface area is 223 Å². The van der Waals surface area contributed by atoms with Crippen LogP contribution in [-0.2, 0) is 6.54 Å². The van der Waals surface area contributed by atoms with Gasteiger partial charge in [0.15, 0.2) is 0 Å². The molecule has 196 valence electrons. The van der Waals surface area contributed by atoms with Gasteiger partial charge in [-0.2, -0.15) is 5.10 Å². The number of hydrogen-bond acceptors (Lipinski definition) is 7. The van der Waals surface area contributed by atoms with E-state index in [1.165, 1.54) is 15.9 Å². The van der Waals surface area contributed by atoms with Crippen molar-refractivity contribution >= 4 is 28.2 Å². The highest BCUT2D eigenvalue weighted by Crippen LogP contribution is 2.28. The average Bonchev–Trinajstić information content (AvgIpc) is 3.17. The van der Waals surface area contributed by atoms with E-state index in [1.807, 2.05) is 30.3 Å². The molecule has 2 aromatic carbocycles. The molecule has 0 unspecified atom stereocenters. The summed E-state index contributed by atoms with van der Waals surface area (Å²) in [6, 6.07) is 16.7. The van der Waals surface area contributed by atoms with Crippen LogP contribution in [0.15, 0.2) is 72.2 Å². The summed E-state index contributed by atoms with van der Waals surface area (Å²) in [5.74, 6) is 0.423. The van der Waals surface area contributed by atoms with Gasteiger partial charge in [0.1, 0.15) is 11.2 Å². The summed E-state index contributed by atoms with van der Waals surface area (Å²) in [6.07, 6.45) is 4.40. The van der Waals surface area contributed by atoms with Gasteiger partial charge in [0.25, 0.3) is 5.56 Å². The third-order valence-corrected chi connectivity index (χ3v) is 7.10. The highest BCUT2D eigenvalue weighted by atomic mass is 16.1. The van der Waals surface area contributed by atoms with Crippen LogP contribution in [0.2, 0.25) is 0 Å². The van der Waals surface area contributed by atoms with Crippen molar-refractivity contribution in [3.63, 3.8) is 0 Å². The number of aryl methyl sites for hydroxylation is 1. The molecule has 1 N–H and O–H groups in total. The monoisotopic (exact) mass is 509 g/mol. The molecule has 38 heavy (non-hydrogen) atoms. The zero-order valence-corrected chi connectivity index (χ0v) is 22.4. The Morgan fingerprint density at radius 3 is 2.63 bits per heavy atom. The first kappa shape index (κ1) is 25.6. The van der Waals surface area contributed by atoms with Gasteiger partial charge in [0.05, 0.1) is 11.9 Å². The molecule has 8 nitrogen and oxygen atoms in total. The van der Waals surface area contributed by atoms with Crippen LogP contribution < -0.4 is 15.8 Å². The Kier molecular flexibility index (Phi) is 7.51. The summed E-state index contributed by atoms with van der Waals surface area (Å²) < 4.78 is 1.40. The highest BCUT2D eigenvalue weighted by Gasteiger charge is 2.19. The van der Waals surface area contributed by atoms with E-state index in [2.05, 4.69) is 70.7 Å². The quantitative estimate of drug-likeness (QED) is 0.351. The van der Waals surface area contributed by atoms with E-state index >= 15 is 0 Å². The molecule has 2 aromatic heterocycles. The number of anilines is 3. The third kappa shape index (κ3) is 5.31. The first-order chi connectivity index (χ1) is 18.4. The molecule has 3 heterocycles. The van der Waals surface area contributed by atoms with Crippen molar-refractivity contribution in [2.24, 2.45) is 0 Å². The Morgan fingerprint density at radius 1 is 1.08 bits per heavy atom. The number of allylic oxidation sites excluding steroid dienone is 1. The van der Waals surface area contributed by atoms with Crippen LogP contribution in [0.1, 0.15) is 25.8 Å². The molecule has 0 bridgehead atoms. The van der Waals surface area contributed by atoms with Gasteiger partial charge in [-0.1, -0.05) is 36.4 Å². The molecule has 0 aliphatic carbocycles. The normalized spacial score (nSPS) is 14.6. The number of hydrogen-bond donors (Lipinski definition) is 1. The Hall–Kier alpha value is -4.04. The zero-order chi connectivity index (χ0) is 26.6. The molecule has 4 aromatic rings. The lowest BCUT2D eigenvalue weighted by atomic mass is 10.1. The standard InChI is InChI=1S/C30H35N7O/c1-5-14-37-29(38)25-20-31-30(33-28(25)27(34-37)23-10-7-6-8-11-23)32-24-12-13-26(22(4)19-24)36-16-9-15-35(17-18-36)21(2)3/h5-8,10-13,19-21H,1,9,14-18H2,2-4H3,(H,31,32,33). The summed E-state index contributed by atoms with van der Waals surface area (Å²) in [5.41, 5.74) is 5.17. The summed E-state index contributed by atoms with van der Waals surface area (Å²) in [4.78, 5) is 27.3. The second kappa shape index (κ2) is 11.1. The van der Waals surface area contributed by atoms with Gasteiger partial charge in [-0.05, 0) is 51.0 Å². The first-order valence-electron chi connectivity index (χ1n) is 13.3. The molecule has 8 heteroatoms. The van der Waals surface area contributed by atoms with E-state index in [0.717, 1.165) is 43.9 Å². The van der Waals surface area contributed by atoms with Crippen molar-refractivity contribution in [3.05, 3.63) is 83.3 Å². The molecule has 1 fully saturated rings. The van der Waals surface area contributed by atoms with Gasteiger partial charge < -0.3 is 10.2 Å². The van der Waals surface area contributed by atoms with Crippen LogP contribution >= 0.6 is 0 Å². The maximum absolute atomic E-state index is 13.0. The van der Waals surface area contributed by atoms with Crippen LogP contribution in [0.5, 0.6) is 0 Å². The molecule has 1 saturated heterocycles. The number of aromatic nitrogens is 4. The van der Waals surface area contributed by atoms with E-state index < -0.39 is 0 Å². The number of fused-ring (bicyclic) bond motifs is 1. The lowest BCUT2D eigenvalue weighted by Crippen LogP contribution is -2.35. The maximum atomic E-state index is 13.0. The van der Waals surface area contributed by atoms with Crippen LogP contribution in [-0.4, -0.2) is 56.9 Å². The lowest BCUT2D eigenvalue weighted by Gasteiger charge is -2.27. The highest BCUT2D eigenvalue weighted by molar-refractivity contribution is 5.90. The molecular formula is C30H35N7O.